The first-order valence-electron chi connectivity index (χ1n) is 28.7. The number of amides is 1. The van der Waals surface area contributed by atoms with Crippen LogP contribution in [0, 0.1) is 17.8 Å². The zero-order chi connectivity index (χ0) is 60.1. The minimum atomic E-state index is -4.70. The largest absolute Gasteiger partial charge is 0.459 e. The van der Waals surface area contributed by atoms with Gasteiger partial charge in [0.1, 0.15) is 34.9 Å². The van der Waals surface area contributed by atoms with E-state index in [-0.39, 0.29) is 55.2 Å². The van der Waals surface area contributed by atoms with Gasteiger partial charge in [0.05, 0.1) is 47.6 Å². The van der Waals surface area contributed by atoms with Crippen molar-refractivity contribution in [2.45, 2.75) is 222 Å². The van der Waals surface area contributed by atoms with Crippen molar-refractivity contribution in [3.05, 3.63) is 72.3 Å². The molecule has 0 radical (unpaired) electrons. The van der Waals surface area contributed by atoms with Crippen LogP contribution in [-0.2, 0) is 54.5 Å². The number of aryl methyl sites for hydroxylation is 1. The van der Waals surface area contributed by atoms with Crippen molar-refractivity contribution in [3.8, 4) is 22.3 Å². The first kappa shape index (κ1) is 66.6. The van der Waals surface area contributed by atoms with Gasteiger partial charge in [-0.15, -0.1) is 9.24 Å². The maximum atomic E-state index is 14.8. The van der Waals surface area contributed by atoms with Gasteiger partial charge in [-0.25, -0.2) is 0 Å². The Hall–Kier alpha value is -3.50. The molecule has 1 unspecified atom stereocenters. The summed E-state index contributed by atoms with van der Waals surface area (Å²) >= 11 is 0. The number of unbranched alkanes of at least 4 members (excludes halogenated alkanes) is 2. The zero-order valence-corrected chi connectivity index (χ0v) is 51.7. The summed E-state index contributed by atoms with van der Waals surface area (Å²) in [5.41, 5.74) is -2.08. The molecule has 0 bridgehead atoms. The fourth-order valence-corrected chi connectivity index (χ4v) is 14.2. The number of likely N-dealkylation sites (N-methyl/N-ethyl adjacent to an activating group) is 1. The summed E-state index contributed by atoms with van der Waals surface area (Å²) in [6, 6.07) is 18.6. The SMILES string of the molecule is CC[C@H]1OC(=O)[C@H](C)[C@@H](O[C@H]2C[C@@](C)(OC)[C@@H](O)[C@H](C)O2)[C@H](C)[C@@H](O[C@@H]2O[C@H](C)C[C@H](N(C)C)[C@H]2O)[C@](C)(O)C[C@@H](C)CN(C(=O)CCCCCc2ccccc2-c2c(P)ccc(-c3ccccc3)c2S(=O)(=O)O)[C@H](C)[C@@H](O)[C@]1(C)O. The number of benzene rings is 3. The summed E-state index contributed by atoms with van der Waals surface area (Å²) < 4.78 is 75.3. The molecule has 3 fully saturated rings. The normalized spacial score (nSPS) is 35.9. The summed E-state index contributed by atoms with van der Waals surface area (Å²) in [5, 5.41) is 61.2. The number of hydrogen-bond acceptors (Lipinski definition) is 16. The Kier molecular flexibility index (Phi) is 22.8. The van der Waals surface area contributed by atoms with Crippen LogP contribution in [0.25, 0.3) is 22.3 Å². The number of carbonyl (C=O) groups is 2. The highest BCUT2D eigenvalue weighted by Crippen LogP contribution is 2.42. The molecule has 3 aliphatic rings. The third-order valence-corrected chi connectivity index (χ3v) is 18.8. The smallest absolute Gasteiger partial charge is 0.311 e. The second-order valence-corrected chi connectivity index (χ2v) is 26.2. The molecule has 3 aromatic carbocycles. The van der Waals surface area contributed by atoms with E-state index in [0.29, 0.717) is 59.7 Å². The zero-order valence-electron chi connectivity index (χ0n) is 49.7. The van der Waals surface area contributed by atoms with Gasteiger partial charge in [0.25, 0.3) is 10.1 Å². The van der Waals surface area contributed by atoms with E-state index in [4.69, 9.17) is 28.4 Å². The van der Waals surface area contributed by atoms with Crippen molar-refractivity contribution in [1.82, 2.24) is 9.80 Å². The second kappa shape index (κ2) is 27.7. The molecule has 19 atom stereocenters. The molecular formula is C61H93N2O16PS. The number of cyclic esters (lactones) is 1. The van der Waals surface area contributed by atoms with Gasteiger partial charge in [-0.05, 0) is 129 Å². The van der Waals surface area contributed by atoms with E-state index in [0.717, 1.165) is 5.56 Å². The molecule has 3 saturated heterocycles. The van der Waals surface area contributed by atoms with Gasteiger partial charge in [-0.3, -0.25) is 14.1 Å². The quantitative estimate of drug-likeness (QED) is 0.0379. The van der Waals surface area contributed by atoms with Gasteiger partial charge in [-0.2, -0.15) is 8.42 Å². The van der Waals surface area contributed by atoms with Gasteiger partial charge in [0.15, 0.2) is 12.6 Å². The molecule has 0 aromatic heterocycles. The van der Waals surface area contributed by atoms with E-state index >= 15 is 0 Å². The maximum absolute atomic E-state index is 14.8. The van der Waals surface area contributed by atoms with Crippen LogP contribution < -0.4 is 5.30 Å². The second-order valence-electron chi connectivity index (χ2n) is 24.2. The number of methoxy groups -OCH3 is 1. The maximum Gasteiger partial charge on any atom is 0.311 e. The average Bonchev–Trinajstić information content (AvgIpc) is 3.60. The lowest BCUT2D eigenvalue weighted by Crippen LogP contribution is -2.60. The van der Waals surface area contributed by atoms with E-state index in [1.54, 1.807) is 78.8 Å². The lowest BCUT2D eigenvalue weighted by molar-refractivity contribution is -0.318. The lowest BCUT2D eigenvalue weighted by atomic mass is 9.77. The van der Waals surface area contributed by atoms with Crippen LogP contribution >= 0.6 is 9.24 Å². The highest BCUT2D eigenvalue weighted by atomic mass is 32.2. The summed E-state index contributed by atoms with van der Waals surface area (Å²) in [5.74, 6) is -3.64. The molecule has 20 heteroatoms. The lowest BCUT2D eigenvalue weighted by Gasteiger charge is -2.48. The first-order valence-corrected chi connectivity index (χ1v) is 30.8. The van der Waals surface area contributed by atoms with E-state index in [9.17, 15) is 48.1 Å². The van der Waals surface area contributed by atoms with Crippen LogP contribution in [0.3, 0.4) is 0 Å². The summed E-state index contributed by atoms with van der Waals surface area (Å²) in [6.45, 7) is 16.9. The Bertz CT molecular complexity index is 2680. The van der Waals surface area contributed by atoms with E-state index in [1.165, 1.54) is 18.9 Å². The molecule has 6 rings (SSSR count). The Balaban J connectivity index is 1.30. The highest BCUT2D eigenvalue weighted by Gasteiger charge is 2.53. The van der Waals surface area contributed by atoms with Gasteiger partial charge in [0, 0.05) is 49.6 Å². The molecule has 81 heavy (non-hydrogen) atoms. The van der Waals surface area contributed by atoms with Crippen LogP contribution in [0.2, 0.25) is 0 Å². The molecule has 454 valence electrons. The third kappa shape index (κ3) is 15.5. The highest BCUT2D eigenvalue weighted by molar-refractivity contribution is 7.86. The van der Waals surface area contributed by atoms with Gasteiger partial charge >= 0.3 is 5.97 Å². The first-order chi connectivity index (χ1) is 37.9. The number of aliphatic hydroxyl groups is 5. The summed E-state index contributed by atoms with van der Waals surface area (Å²) in [6.07, 6.45) is -7.97. The number of carbonyl (C=O) groups excluding carboxylic acids is 2. The van der Waals surface area contributed by atoms with Crippen molar-refractivity contribution in [1.29, 1.82) is 0 Å². The van der Waals surface area contributed by atoms with Gasteiger partial charge < -0.3 is 63.8 Å². The van der Waals surface area contributed by atoms with Crippen molar-refractivity contribution in [3.63, 3.8) is 0 Å². The van der Waals surface area contributed by atoms with E-state index < -0.39 is 112 Å². The number of rotatable bonds is 16. The average molecular weight is 1170 g/mol. The van der Waals surface area contributed by atoms with Crippen molar-refractivity contribution in [2.75, 3.05) is 27.7 Å². The number of nitrogens with zero attached hydrogens (tertiary/aromatic N) is 2. The molecule has 3 aromatic rings. The van der Waals surface area contributed by atoms with Crippen LogP contribution in [-0.4, -0.2) is 178 Å². The van der Waals surface area contributed by atoms with Crippen LogP contribution in [0.5, 0.6) is 0 Å². The monoisotopic (exact) mass is 1170 g/mol. The Morgan fingerprint density at radius 2 is 1.51 bits per heavy atom. The Morgan fingerprint density at radius 1 is 0.852 bits per heavy atom. The molecule has 18 nitrogen and oxygen atoms in total. The molecule has 1 amide bonds. The summed E-state index contributed by atoms with van der Waals surface area (Å²) in [7, 11) is 3.08. The molecule has 3 aliphatic heterocycles. The molecule has 0 aliphatic carbocycles. The molecule has 3 heterocycles. The van der Waals surface area contributed by atoms with Crippen molar-refractivity contribution >= 4 is 36.5 Å². The molecule has 0 spiro atoms. The minimum Gasteiger partial charge on any atom is -0.459 e. The van der Waals surface area contributed by atoms with Crippen LogP contribution in [0.15, 0.2) is 71.6 Å². The standard InChI is InChI=1S/C61H93N2O16PS/c1-14-47-61(10,70)54(66)39(6)63(48(64)28-20-16-19-23-41-26-21-22-27-43(41)50-46(80)30-29-44(53(50)81(71,72)73)42-24-17-15-18-25-42)34-35(2)32-59(8,69)56(79-58-51(65)45(62(11)12)31-36(3)75-58)37(4)52(38(5)57(68)77-47)78-49-33-60(9,74-13)55(67)40(7)76-49/h15,17-18,21-22,24-27,29-30,35-40,45,47,49,51-52,54-56,58,65-67,69-70H,14,16,19-20,23,28,31-34,80H2,1-13H3,(H,71,72,73)/t35-,36-,37+,38-,39-,40+,45+,47-,49+,51-,52+,54-,55+,56-,58+,59-,60-,61-/m1/s1. The van der Waals surface area contributed by atoms with Gasteiger partial charge in [0.2, 0.25) is 5.91 Å². The van der Waals surface area contributed by atoms with E-state index in [2.05, 4.69) is 9.24 Å². The Labute approximate surface area is 483 Å². The predicted molar refractivity (Wildman–Crippen MR) is 312 cm³/mol. The number of aliphatic hydroxyl groups excluding tert-OH is 3. The molecule has 6 N–H and O–H groups in total. The minimum absolute atomic E-state index is 0.000547. The third-order valence-electron chi connectivity index (χ3n) is 17.4. The molecular weight excluding hydrogens is 1080 g/mol. The summed E-state index contributed by atoms with van der Waals surface area (Å²) in [4.78, 5) is 32.7. The van der Waals surface area contributed by atoms with Crippen molar-refractivity contribution < 1.29 is 76.5 Å². The number of ether oxygens (including phenoxy) is 6. The fraction of sp³-hybridized carbons (Fsp3) is 0.672. The topological polar surface area (TPSA) is 252 Å². The van der Waals surface area contributed by atoms with Gasteiger partial charge in [-0.1, -0.05) is 93.9 Å². The predicted octanol–water partition coefficient (Wildman–Crippen LogP) is 6.68. The molecule has 0 saturated carbocycles. The van der Waals surface area contributed by atoms with Crippen LogP contribution in [0.4, 0.5) is 0 Å². The fourth-order valence-electron chi connectivity index (χ4n) is 12.7. The van der Waals surface area contributed by atoms with Crippen LogP contribution in [0.1, 0.15) is 126 Å². The van der Waals surface area contributed by atoms with E-state index in [1.807, 2.05) is 69.2 Å². The van der Waals surface area contributed by atoms with Crippen molar-refractivity contribution in [2.24, 2.45) is 17.8 Å². The number of hydrogen-bond donors (Lipinski definition) is 6. The number of esters is 1. The Morgan fingerprint density at radius 3 is 2.14 bits per heavy atom.